The van der Waals surface area contributed by atoms with Gasteiger partial charge in [-0.2, -0.15) is 0 Å². The van der Waals surface area contributed by atoms with E-state index in [0.29, 0.717) is 5.69 Å². The zero-order valence-electron chi connectivity index (χ0n) is 11.7. The number of carbonyl (C=O) groups excluding carboxylic acids is 1. The maximum Gasteiger partial charge on any atom is 0.238 e. The molecule has 2 rings (SSSR count). The standard InChI is InChI=1S/C14H16N2O3S2/c1-9-6-12(21(15,18)19)8-13(10(9)2)16-14(17)7-11-4-3-5-20-11/h3-6,8H,7H2,1-2H3,(H,16,17)(H2,15,18,19). The van der Waals surface area contributed by atoms with Crippen LogP contribution in [0.1, 0.15) is 16.0 Å². The molecule has 1 aromatic heterocycles. The molecule has 1 aromatic carbocycles. The van der Waals surface area contributed by atoms with Crippen LogP contribution in [0.5, 0.6) is 0 Å². The summed E-state index contributed by atoms with van der Waals surface area (Å²) in [5.74, 6) is -0.188. The minimum absolute atomic E-state index is 0.00276. The summed E-state index contributed by atoms with van der Waals surface area (Å²) in [6, 6.07) is 6.65. The maximum atomic E-state index is 12.0. The SMILES string of the molecule is Cc1cc(S(N)(=O)=O)cc(NC(=O)Cc2cccs2)c1C. The Balaban J connectivity index is 2.27. The van der Waals surface area contributed by atoms with Crippen molar-refractivity contribution in [2.75, 3.05) is 5.32 Å². The summed E-state index contributed by atoms with van der Waals surface area (Å²) in [4.78, 5) is 13.0. The van der Waals surface area contributed by atoms with E-state index >= 15 is 0 Å². The monoisotopic (exact) mass is 324 g/mol. The summed E-state index contributed by atoms with van der Waals surface area (Å²) in [7, 11) is -3.80. The van der Waals surface area contributed by atoms with Gasteiger partial charge in [0.05, 0.1) is 11.3 Å². The summed E-state index contributed by atoms with van der Waals surface area (Å²) in [6.07, 6.45) is 0.260. The van der Waals surface area contributed by atoms with E-state index in [1.54, 1.807) is 6.92 Å². The van der Waals surface area contributed by atoms with Gasteiger partial charge >= 0.3 is 0 Å². The molecule has 0 unspecified atom stereocenters. The lowest BCUT2D eigenvalue weighted by Crippen LogP contribution is -2.17. The average Bonchev–Trinajstić information content (AvgIpc) is 2.86. The summed E-state index contributed by atoms with van der Waals surface area (Å²) in [5, 5.41) is 9.80. The van der Waals surface area contributed by atoms with E-state index in [0.717, 1.165) is 16.0 Å². The molecule has 2 aromatic rings. The molecule has 112 valence electrons. The third-order valence-electron chi connectivity index (χ3n) is 3.16. The molecular formula is C14H16N2O3S2. The van der Waals surface area contributed by atoms with Crippen molar-refractivity contribution in [3.8, 4) is 0 Å². The van der Waals surface area contributed by atoms with Crippen LogP contribution < -0.4 is 10.5 Å². The Bertz CT molecular complexity index is 766. The lowest BCUT2D eigenvalue weighted by Gasteiger charge is -2.12. The molecule has 21 heavy (non-hydrogen) atoms. The molecule has 0 spiro atoms. The van der Waals surface area contributed by atoms with Gasteiger partial charge in [-0.25, -0.2) is 13.6 Å². The molecule has 1 heterocycles. The maximum absolute atomic E-state index is 12.0. The molecule has 7 heteroatoms. The van der Waals surface area contributed by atoms with Gasteiger partial charge in [-0.05, 0) is 48.6 Å². The van der Waals surface area contributed by atoms with Crippen LogP contribution in [0.4, 0.5) is 5.69 Å². The highest BCUT2D eigenvalue weighted by molar-refractivity contribution is 7.89. The fourth-order valence-electron chi connectivity index (χ4n) is 1.89. The Morgan fingerprint density at radius 2 is 2.05 bits per heavy atom. The Labute approximate surface area is 127 Å². The Morgan fingerprint density at radius 1 is 1.33 bits per heavy atom. The van der Waals surface area contributed by atoms with Gasteiger partial charge in [0.15, 0.2) is 0 Å². The second-order valence-corrected chi connectivity index (χ2v) is 7.36. The first-order valence-electron chi connectivity index (χ1n) is 6.23. The predicted octanol–water partition coefficient (Wildman–Crippen LogP) is 2.19. The Morgan fingerprint density at radius 3 is 2.62 bits per heavy atom. The van der Waals surface area contributed by atoms with Crippen molar-refractivity contribution in [1.82, 2.24) is 0 Å². The van der Waals surface area contributed by atoms with Crippen molar-refractivity contribution in [2.45, 2.75) is 25.2 Å². The average molecular weight is 324 g/mol. The fraction of sp³-hybridized carbons (Fsp3) is 0.214. The van der Waals surface area contributed by atoms with Crippen LogP contribution in [0.2, 0.25) is 0 Å². The van der Waals surface area contributed by atoms with Gasteiger partial charge in [0, 0.05) is 10.6 Å². The molecular weight excluding hydrogens is 308 g/mol. The highest BCUT2D eigenvalue weighted by atomic mass is 32.2. The zero-order valence-corrected chi connectivity index (χ0v) is 13.3. The first kappa shape index (κ1) is 15.7. The van der Waals surface area contributed by atoms with E-state index in [4.69, 9.17) is 5.14 Å². The third-order valence-corrected chi connectivity index (χ3v) is 4.93. The van der Waals surface area contributed by atoms with Crippen LogP contribution in [0.25, 0.3) is 0 Å². The van der Waals surface area contributed by atoms with Crippen LogP contribution in [0.15, 0.2) is 34.5 Å². The fourth-order valence-corrected chi connectivity index (χ4v) is 3.21. The zero-order chi connectivity index (χ0) is 15.6. The summed E-state index contributed by atoms with van der Waals surface area (Å²) in [5.41, 5.74) is 2.05. The van der Waals surface area contributed by atoms with Crippen molar-refractivity contribution in [1.29, 1.82) is 0 Å². The number of hydrogen-bond donors (Lipinski definition) is 2. The minimum atomic E-state index is -3.80. The van der Waals surface area contributed by atoms with Crippen LogP contribution >= 0.6 is 11.3 Å². The first-order chi connectivity index (χ1) is 9.77. The molecule has 0 aliphatic carbocycles. The Kier molecular flexibility index (Phi) is 4.46. The van der Waals surface area contributed by atoms with Crippen molar-refractivity contribution in [3.63, 3.8) is 0 Å². The number of benzene rings is 1. The molecule has 1 amide bonds. The molecule has 0 aliphatic rings. The smallest absolute Gasteiger partial charge is 0.238 e. The van der Waals surface area contributed by atoms with Gasteiger partial charge < -0.3 is 5.32 Å². The van der Waals surface area contributed by atoms with Gasteiger partial charge in [0.1, 0.15) is 0 Å². The van der Waals surface area contributed by atoms with E-state index in [-0.39, 0.29) is 17.2 Å². The van der Waals surface area contributed by atoms with E-state index in [2.05, 4.69) is 5.32 Å². The molecule has 0 saturated carbocycles. The second-order valence-electron chi connectivity index (χ2n) is 4.76. The number of rotatable bonds is 4. The highest BCUT2D eigenvalue weighted by Crippen LogP contribution is 2.24. The number of primary sulfonamides is 1. The number of sulfonamides is 1. The number of carbonyl (C=O) groups is 1. The molecule has 0 atom stereocenters. The van der Waals surface area contributed by atoms with Crippen LogP contribution in [-0.2, 0) is 21.2 Å². The van der Waals surface area contributed by atoms with Crippen molar-refractivity contribution < 1.29 is 13.2 Å². The van der Waals surface area contributed by atoms with Gasteiger partial charge in [-0.3, -0.25) is 4.79 Å². The first-order valence-corrected chi connectivity index (χ1v) is 8.66. The summed E-state index contributed by atoms with van der Waals surface area (Å²) < 4.78 is 22.9. The van der Waals surface area contributed by atoms with E-state index in [9.17, 15) is 13.2 Å². The quantitative estimate of drug-likeness (QED) is 0.903. The molecule has 0 aliphatic heterocycles. The lowest BCUT2D eigenvalue weighted by atomic mass is 10.1. The van der Waals surface area contributed by atoms with Crippen LogP contribution in [-0.4, -0.2) is 14.3 Å². The summed E-state index contributed by atoms with van der Waals surface area (Å²) >= 11 is 1.50. The predicted molar refractivity (Wildman–Crippen MR) is 83.9 cm³/mol. The number of anilines is 1. The normalized spacial score (nSPS) is 11.4. The number of nitrogens with two attached hydrogens (primary N) is 1. The molecule has 0 bridgehead atoms. The molecule has 0 radical (unpaired) electrons. The van der Waals surface area contributed by atoms with Crippen molar-refractivity contribution >= 4 is 33.0 Å². The van der Waals surface area contributed by atoms with E-state index in [1.807, 2.05) is 24.4 Å². The number of amides is 1. The van der Waals surface area contributed by atoms with E-state index < -0.39 is 10.0 Å². The number of thiophene rings is 1. The summed E-state index contributed by atoms with van der Waals surface area (Å²) in [6.45, 7) is 3.60. The van der Waals surface area contributed by atoms with Gasteiger partial charge in [-0.15, -0.1) is 11.3 Å². The van der Waals surface area contributed by atoms with Gasteiger partial charge in [0.25, 0.3) is 0 Å². The van der Waals surface area contributed by atoms with E-state index in [1.165, 1.54) is 23.5 Å². The lowest BCUT2D eigenvalue weighted by molar-refractivity contribution is -0.115. The van der Waals surface area contributed by atoms with Crippen molar-refractivity contribution in [2.24, 2.45) is 5.14 Å². The van der Waals surface area contributed by atoms with Crippen LogP contribution in [0.3, 0.4) is 0 Å². The number of aryl methyl sites for hydroxylation is 1. The molecule has 3 N–H and O–H groups in total. The second kappa shape index (κ2) is 5.97. The van der Waals surface area contributed by atoms with Gasteiger partial charge in [0.2, 0.25) is 15.9 Å². The molecule has 5 nitrogen and oxygen atoms in total. The molecule has 0 saturated heterocycles. The topological polar surface area (TPSA) is 89.3 Å². The number of nitrogens with one attached hydrogen (secondary N) is 1. The van der Waals surface area contributed by atoms with Crippen molar-refractivity contribution in [3.05, 3.63) is 45.6 Å². The Hall–Kier alpha value is -1.70. The molecule has 0 fully saturated rings. The minimum Gasteiger partial charge on any atom is -0.325 e. The third kappa shape index (κ3) is 3.90. The van der Waals surface area contributed by atoms with Gasteiger partial charge in [-0.1, -0.05) is 6.07 Å². The largest absolute Gasteiger partial charge is 0.325 e. The number of hydrogen-bond acceptors (Lipinski definition) is 4. The van der Waals surface area contributed by atoms with Crippen LogP contribution in [0, 0.1) is 13.8 Å². The highest BCUT2D eigenvalue weighted by Gasteiger charge is 2.14.